The summed E-state index contributed by atoms with van der Waals surface area (Å²) in [6, 6.07) is 24.1. The Hall–Kier alpha value is -1.33. The molecular formula is C16H12OTe. The van der Waals surface area contributed by atoms with Crippen LogP contribution in [0, 0.1) is 0 Å². The molecule has 0 saturated carbocycles. The maximum absolute atomic E-state index is 12.6. The Morgan fingerprint density at radius 3 is 1.33 bits per heavy atom. The van der Waals surface area contributed by atoms with E-state index in [-0.39, 0.29) is 0 Å². The van der Waals surface area contributed by atoms with E-state index in [2.05, 4.69) is 0 Å². The van der Waals surface area contributed by atoms with Crippen LogP contribution in [0.15, 0.2) is 72.8 Å². The van der Waals surface area contributed by atoms with Crippen LogP contribution in [0.1, 0.15) is 0 Å². The summed E-state index contributed by atoms with van der Waals surface area (Å²) in [7, 11) is 0. The van der Waals surface area contributed by atoms with Gasteiger partial charge in [-0.25, -0.2) is 0 Å². The molecule has 3 aromatic rings. The van der Waals surface area contributed by atoms with Crippen LogP contribution >= 0.6 is 0 Å². The van der Waals surface area contributed by atoms with Gasteiger partial charge in [0.05, 0.1) is 0 Å². The second-order valence-corrected chi connectivity index (χ2v) is 8.11. The summed E-state index contributed by atoms with van der Waals surface area (Å²) in [5, 5.41) is 0. The van der Waals surface area contributed by atoms with E-state index >= 15 is 0 Å². The molecule has 0 fully saturated rings. The molecule has 0 aliphatic heterocycles. The van der Waals surface area contributed by atoms with Gasteiger partial charge < -0.3 is 0 Å². The third-order valence-electron chi connectivity index (χ3n) is 2.90. The van der Waals surface area contributed by atoms with Crippen molar-refractivity contribution in [2.24, 2.45) is 0 Å². The molecule has 0 radical (unpaired) electrons. The monoisotopic (exact) mass is 350 g/mol. The first-order valence-corrected chi connectivity index (χ1v) is 9.09. The van der Waals surface area contributed by atoms with Gasteiger partial charge in [0.15, 0.2) is 0 Å². The molecular weight excluding hydrogens is 336 g/mol. The van der Waals surface area contributed by atoms with Crippen LogP contribution < -0.4 is 3.47 Å². The van der Waals surface area contributed by atoms with Crippen molar-refractivity contribution in [3.8, 4) is 18.3 Å². The molecule has 0 saturated heterocycles. The average molecular weight is 348 g/mol. The van der Waals surface area contributed by atoms with Gasteiger partial charge in [-0.1, -0.05) is 0 Å². The topological polar surface area (TPSA) is 23.1 Å². The molecule has 0 unspecified atom stereocenters. The molecule has 1 aromatic heterocycles. The minimum absolute atomic E-state index is 1.03. The second kappa shape index (κ2) is 5.12. The molecule has 0 aliphatic carbocycles. The molecule has 88 valence electrons. The molecule has 0 bridgehead atoms. The predicted molar refractivity (Wildman–Crippen MR) is 74.3 cm³/mol. The second-order valence-electron chi connectivity index (χ2n) is 4.06. The number of benzene rings is 2. The molecule has 2 heteroatoms. The summed E-state index contributed by atoms with van der Waals surface area (Å²) in [5.41, 5.74) is 2.18. The SMILES string of the molecule is [O-][te+]1c(-c2ccccc2)ccc1-c1ccccc1. The summed E-state index contributed by atoms with van der Waals surface area (Å²) in [4.78, 5) is 0. The van der Waals surface area contributed by atoms with Crippen molar-refractivity contribution in [1.82, 2.24) is 0 Å². The Morgan fingerprint density at radius 1 is 0.556 bits per heavy atom. The minimum atomic E-state index is -2.59. The fourth-order valence-electron chi connectivity index (χ4n) is 2.00. The third kappa shape index (κ3) is 2.15. The maximum atomic E-state index is 12.6. The molecule has 18 heavy (non-hydrogen) atoms. The average Bonchev–Trinajstić information content (AvgIpc) is 2.83. The van der Waals surface area contributed by atoms with Crippen molar-refractivity contribution < 1.29 is 3.47 Å². The van der Waals surface area contributed by atoms with Crippen LogP contribution in [0.4, 0.5) is 0 Å². The number of hydrogen-bond donors (Lipinski definition) is 0. The number of rotatable bonds is 2. The van der Waals surface area contributed by atoms with E-state index in [9.17, 15) is 3.47 Å². The summed E-state index contributed by atoms with van der Waals surface area (Å²) in [5.74, 6) is 0. The van der Waals surface area contributed by atoms with E-state index in [0.29, 0.717) is 0 Å². The molecule has 3 rings (SSSR count). The van der Waals surface area contributed by atoms with Gasteiger partial charge in [0.2, 0.25) is 0 Å². The fraction of sp³-hybridized carbons (Fsp3) is 0. The van der Waals surface area contributed by atoms with Gasteiger partial charge in [-0.05, 0) is 0 Å². The van der Waals surface area contributed by atoms with Crippen LogP contribution in [0.5, 0.6) is 0 Å². The Bertz CT molecular complexity index is 584. The first kappa shape index (κ1) is 11.7. The molecule has 1 heterocycles. The molecule has 0 atom stereocenters. The zero-order valence-corrected chi connectivity index (χ0v) is 12.1. The Labute approximate surface area is 114 Å². The van der Waals surface area contributed by atoms with E-state index in [1.807, 2.05) is 72.8 Å². The summed E-state index contributed by atoms with van der Waals surface area (Å²) >= 11 is -2.59. The van der Waals surface area contributed by atoms with Crippen LogP contribution in [0.2, 0.25) is 0 Å². The van der Waals surface area contributed by atoms with Gasteiger partial charge in [-0.15, -0.1) is 0 Å². The zero-order valence-electron chi connectivity index (χ0n) is 9.74. The van der Waals surface area contributed by atoms with Gasteiger partial charge in [0.25, 0.3) is 0 Å². The normalized spacial score (nSPS) is 10.5. The van der Waals surface area contributed by atoms with Gasteiger partial charge >= 0.3 is 114 Å². The van der Waals surface area contributed by atoms with Crippen molar-refractivity contribution in [3.63, 3.8) is 0 Å². The third-order valence-corrected chi connectivity index (χ3v) is 7.30. The van der Waals surface area contributed by atoms with E-state index in [1.165, 1.54) is 0 Å². The molecule has 0 amide bonds. The van der Waals surface area contributed by atoms with Crippen LogP contribution in [0.3, 0.4) is 0 Å². The fourth-order valence-corrected chi connectivity index (χ4v) is 5.77. The summed E-state index contributed by atoms with van der Waals surface area (Å²) < 4.78 is 14.7. The van der Waals surface area contributed by atoms with Crippen molar-refractivity contribution in [1.29, 1.82) is 0 Å². The standard InChI is InChI=1S/C16H12OTe/c17-18-15(13-7-3-1-4-8-13)11-12-16(18)14-9-5-2-6-10-14/h1-12H. The number of hydrogen-bond acceptors (Lipinski definition) is 1. The molecule has 1 nitrogen and oxygen atoms in total. The molecule has 0 N–H and O–H groups in total. The zero-order chi connectivity index (χ0) is 12.4. The van der Waals surface area contributed by atoms with Crippen molar-refractivity contribution in [2.75, 3.05) is 0 Å². The quantitative estimate of drug-likeness (QED) is 0.654. The van der Waals surface area contributed by atoms with E-state index < -0.39 is 19.5 Å². The van der Waals surface area contributed by atoms with Gasteiger partial charge in [0.1, 0.15) is 0 Å². The van der Waals surface area contributed by atoms with Crippen LogP contribution in [-0.4, -0.2) is 19.5 Å². The summed E-state index contributed by atoms with van der Waals surface area (Å²) in [6.45, 7) is 0. The Morgan fingerprint density at radius 2 is 0.944 bits per heavy atom. The van der Waals surface area contributed by atoms with E-state index in [1.54, 1.807) is 0 Å². The Kier molecular flexibility index (Phi) is 3.34. The Balaban J connectivity index is 2.09. The predicted octanol–water partition coefficient (Wildman–Crippen LogP) is 2.89. The molecule has 0 spiro atoms. The van der Waals surface area contributed by atoms with E-state index in [4.69, 9.17) is 0 Å². The van der Waals surface area contributed by atoms with Crippen LogP contribution in [0.25, 0.3) is 18.3 Å². The van der Waals surface area contributed by atoms with E-state index in [0.717, 1.165) is 18.3 Å². The molecule has 2 aromatic carbocycles. The van der Waals surface area contributed by atoms with Crippen molar-refractivity contribution in [3.05, 3.63) is 72.8 Å². The van der Waals surface area contributed by atoms with Gasteiger partial charge in [-0.2, -0.15) is 0 Å². The van der Waals surface area contributed by atoms with Crippen molar-refractivity contribution >= 4 is 19.5 Å². The van der Waals surface area contributed by atoms with Gasteiger partial charge in [0, 0.05) is 0 Å². The molecule has 0 aliphatic rings. The van der Waals surface area contributed by atoms with Crippen LogP contribution in [-0.2, 0) is 0 Å². The van der Waals surface area contributed by atoms with Gasteiger partial charge in [-0.3, -0.25) is 0 Å². The first-order chi connectivity index (χ1) is 8.86. The summed E-state index contributed by atoms with van der Waals surface area (Å²) in [6.07, 6.45) is 0. The first-order valence-electron chi connectivity index (χ1n) is 5.81. The van der Waals surface area contributed by atoms with Crippen molar-refractivity contribution in [2.45, 2.75) is 0 Å².